The van der Waals surface area contributed by atoms with E-state index in [9.17, 15) is 0 Å². The smallest absolute Gasteiger partial charge is 0.194 e. The maximum Gasteiger partial charge on any atom is 0.194 e. The van der Waals surface area contributed by atoms with Gasteiger partial charge in [-0.15, -0.1) is 41.9 Å². The number of nitrogens with one attached hydrogen (secondary N) is 1. The predicted molar refractivity (Wildman–Crippen MR) is 99.7 cm³/mol. The highest BCUT2D eigenvalue weighted by molar-refractivity contribution is 14.0. The highest BCUT2D eigenvalue weighted by Gasteiger charge is 2.19. The van der Waals surface area contributed by atoms with E-state index in [0.717, 1.165) is 38.7 Å². The first kappa shape index (κ1) is 17.3. The van der Waals surface area contributed by atoms with Crippen LogP contribution in [0.15, 0.2) is 35.2 Å². The number of piperazine rings is 1. The Hall–Kier alpha value is -0.760. The zero-order valence-electron chi connectivity index (χ0n) is 11.9. The number of aliphatic imine (C=N–C) groups is 1. The van der Waals surface area contributed by atoms with Gasteiger partial charge in [-0.2, -0.15) is 0 Å². The van der Waals surface area contributed by atoms with Crippen LogP contribution in [0.2, 0.25) is 0 Å². The molecule has 20 heavy (non-hydrogen) atoms. The van der Waals surface area contributed by atoms with Gasteiger partial charge in [0.15, 0.2) is 5.96 Å². The summed E-state index contributed by atoms with van der Waals surface area (Å²) in [6.07, 6.45) is 1.83. The van der Waals surface area contributed by atoms with Crippen molar-refractivity contribution in [1.82, 2.24) is 10.2 Å². The summed E-state index contributed by atoms with van der Waals surface area (Å²) in [7, 11) is 0. The zero-order chi connectivity index (χ0) is 13.5. The van der Waals surface area contributed by atoms with Crippen molar-refractivity contribution in [3.8, 4) is 0 Å². The standard InChI is InChI=1S/C14H22N4S.HI/c1-3-7-16-14(15-4-2)18-10-8-17(9-11-18)13-6-5-12-19-13;/h3,5-6,12H,1,4,7-11H2,2H3,(H,15,16);1H. The second-order valence-corrected chi connectivity index (χ2v) is 5.33. The van der Waals surface area contributed by atoms with Crippen LogP contribution in [0.25, 0.3) is 0 Å². The van der Waals surface area contributed by atoms with Gasteiger partial charge >= 0.3 is 0 Å². The number of halogens is 1. The molecule has 2 heterocycles. The molecule has 6 heteroatoms. The molecule has 0 bridgehead atoms. The summed E-state index contributed by atoms with van der Waals surface area (Å²) in [5.41, 5.74) is 0. The second-order valence-electron chi connectivity index (χ2n) is 4.41. The predicted octanol–water partition coefficient (Wildman–Crippen LogP) is 2.64. The maximum atomic E-state index is 4.54. The van der Waals surface area contributed by atoms with Gasteiger partial charge in [0, 0.05) is 32.7 Å². The van der Waals surface area contributed by atoms with E-state index >= 15 is 0 Å². The van der Waals surface area contributed by atoms with Crippen LogP contribution in [0.4, 0.5) is 5.00 Å². The minimum absolute atomic E-state index is 0. The van der Waals surface area contributed by atoms with Crippen LogP contribution in [0.3, 0.4) is 0 Å². The SMILES string of the molecule is C=CCN=C(NCC)N1CCN(c2cccs2)CC1.I. The number of guanidine groups is 1. The number of hydrogen-bond acceptors (Lipinski definition) is 3. The van der Waals surface area contributed by atoms with Gasteiger partial charge in [-0.1, -0.05) is 6.08 Å². The molecule has 1 aromatic heterocycles. The van der Waals surface area contributed by atoms with Gasteiger partial charge < -0.3 is 15.1 Å². The van der Waals surface area contributed by atoms with E-state index in [2.05, 4.69) is 51.1 Å². The monoisotopic (exact) mass is 406 g/mol. The molecular formula is C14H23IN4S. The zero-order valence-corrected chi connectivity index (χ0v) is 15.1. The Balaban J connectivity index is 0.00000200. The number of hydrogen-bond donors (Lipinski definition) is 1. The van der Waals surface area contributed by atoms with Crippen molar-refractivity contribution in [3.05, 3.63) is 30.2 Å². The number of rotatable bonds is 4. The Morgan fingerprint density at radius 2 is 2.20 bits per heavy atom. The Kier molecular flexibility index (Phi) is 7.98. The molecule has 4 nitrogen and oxygen atoms in total. The molecule has 0 spiro atoms. The molecule has 0 amide bonds. The quantitative estimate of drug-likeness (QED) is 0.361. The van der Waals surface area contributed by atoms with Crippen molar-refractivity contribution in [1.29, 1.82) is 0 Å². The molecule has 0 radical (unpaired) electrons. The van der Waals surface area contributed by atoms with E-state index < -0.39 is 0 Å². The molecule has 1 aliphatic heterocycles. The number of anilines is 1. The fourth-order valence-corrected chi connectivity index (χ4v) is 2.95. The molecule has 0 unspecified atom stereocenters. The van der Waals surface area contributed by atoms with Crippen molar-refractivity contribution in [2.45, 2.75) is 6.92 Å². The lowest BCUT2D eigenvalue weighted by Crippen LogP contribution is -2.52. The summed E-state index contributed by atoms with van der Waals surface area (Å²) >= 11 is 1.81. The minimum atomic E-state index is 0. The highest BCUT2D eigenvalue weighted by Crippen LogP contribution is 2.22. The molecule has 1 fully saturated rings. The van der Waals surface area contributed by atoms with Crippen LogP contribution >= 0.6 is 35.3 Å². The Morgan fingerprint density at radius 3 is 2.75 bits per heavy atom. The van der Waals surface area contributed by atoms with Crippen LogP contribution in [-0.4, -0.2) is 50.1 Å². The van der Waals surface area contributed by atoms with Crippen LogP contribution in [0.1, 0.15) is 6.92 Å². The molecule has 2 rings (SSSR count). The molecule has 112 valence electrons. The summed E-state index contributed by atoms with van der Waals surface area (Å²) in [5, 5.41) is 6.85. The third kappa shape index (κ3) is 4.66. The van der Waals surface area contributed by atoms with Crippen molar-refractivity contribution in [2.24, 2.45) is 4.99 Å². The van der Waals surface area contributed by atoms with Crippen LogP contribution < -0.4 is 10.2 Å². The normalized spacial score (nSPS) is 15.8. The lowest BCUT2D eigenvalue weighted by atomic mass is 10.3. The third-order valence-electron chi connectivity index (χ3n) is 3.10. The molecule has 0 saturated carbocycles. The summed E-state index contributed by atoms with van der Waals surface area (Å²) in [4.78, 5) is 9.31. The molecular weight excluding hydrogens is 383 g/mol. The molecule has 0 atom stereocenters. The fraction of sp³-hybridized carbons (Fsp3) is 0.500. The van der Waals surface area contributed by atoms with E-state index in [4.69, 9.17) is 0 Å². The number of thiophene rings is 1. The van der Waals surface area contributed by atoms with Crippen LogP contribution in [-0.2, 0) is 0 Å². The molecule has 0 aromatic carbocycles. The van der Waals surface area contributed by atoms with E-state index in [1.165, 1.54) is 5.00 Å². The van der Waals surface area contributed by atoms with Gasteiger partial charge in [-0.3, -0.25) is 0 Å². The fourth-order valence-electron chi connectivity index (χ4n) is 2.17. The van der Waals surface area contributed by atoms with Crippen molar-refractivity contribution >= 4 is 46.3 Å². The lowest BCUT2D eigenvalue weighted by Gasteiger charge is -2.37. The molecule has 1 aliphatic rings. The van der Waals surface area contributed by atoms with Crippen molar-refractivity contribution in [3.63, 3.8) is 0 Å². The van der Waals surface area contributed by atoms with Crippen LogP contribution in [0, 0.1) is 0 Å². The highest BCUT2D eigenvalue weighted by atomic mass is 127. The van der Waals surface area contributed by atoms with Crippen LogP contribution in [0.5, 0.6) is 0 Å². The van der Waals surface area contributed by atoms with Crippen molar-refractivity contribution < 1.29 is 0 Å². The average molecular weight is 406 g/mol. The van der Waals surface area contributed by atoms with Gasteiger partial charge in [0.2, 0.25) is 0 Å². The molecule has 1 N–H and O–H groups in total. The third-order valence-corrected chi connectivity index (χ3v) is 4.03. The van der Waals surface area contributed by atoms with Gasteiger partial charge in [-0.25, -0.2) is 4.99 Å². The first-order chi connectivity index (χ1) is 9.35. The first-order valence-electron chi connectivity index (χ1n) is 6.77. The second kappa shape index (κ2) is 9.23. The first-order valence-corrected chi connectivity index (χ1v) is 7.65. The summed E-state index contributed by atoms with van der Waals surface area (Å²) < 4.78 is 0. The average Bonchev–Trinajstić information content (AvgIpc) is 2.98. The Labute approximate surface area is 142 Å². The van der Waals surface area contributed by atoms with E-state index in [1.54, 1.807) is 0 Å². The lowest BCUT2D eigenvalue weighted by molar-refractivity contribution is 0.374. The van der Waals surface area contributed by atoms with E-state index in [0.29, 0.717) is 6.54 Å². The summed E-state index contributed by atoms with van der Waals surface area (Å²) in [6.45, 7) is 11.5. The van der Waals surface area contributed by atoms with Crippen molar-refractivity contribution in [2.75, 3.05) is 44.2 Å². The van der Waals surface area contributed by atoms with Gasteiger partial charge in [0.1, 0.15) is 0 Å². The van der Waals surface area contributed by atoms with E-state index in [1.807, 2.05) is 17.4 Å². The van der Waals surface area contributed by atoms with Gasteiger partial charge in [0.05, 0.1) is 11.5 Å². The summed E-state index contributed by atoms with van der Waals surface area (Å²) in [5.74, 6) is 1.01. The summed E-state index contributed by atoms with van der Waals surface area (Å²) in [6, 6.07) is 4.30. The largest absolute Gasteiger partial charge is 0.360 e. The molecule has 1 aromatic rings. The number of nitrogens with zero attached hydrogens (tertiary/aromatic N) is 3. The van der Waals surface area contributed by atoms with Gasteiger partial charge in [-0.05, 0) is 24.4 Å². The minimum Gasteiger partial charge on any atom is -0.360 e. The Bertz CT molecular complexity index is 411. The molecule has 1 saturated heterocycles. The van der Waals surface area contributed by atoms with Gasteiger partial charge in [0.25, 0.3) is 0 Å². The Morgan fingerprint density at radius 1 is 1.45 bits per heavy atom. The molecule has 0 aliphatic carbocycles. The van der Waals surface area contributed by atoms with E-state index in [-0.39, 0.29) is 24.0 Å². The maximum absolute atomic E-state index is 4.54. The topological polar surface area (TPSA) is 30.9 Å².